The third kappa shape index (κ3) is 4.02. The van der Waals surface area contributed by atoms with Gasteiger partial charge in [-0.2, -0.15) is 0 Å². The second kappa shape index (κ2) is 8.49. The zero-order valence-corrected chi connectivity index (χ0v) is 20.0. The van der Waals surface area contributed by atoms with Gasteiger partial charge >= 0.3 is 0 Å². The summed E-state index contributed by atoms with van der Waals surface area (Å²) in [5.74, 6) is 0.905. The van der Waals surface area contributed by atoms with E-state index in [1.165, 1.54) is 10.5 Å². The first-order valence-electron chi connectivity index (χ1n) is 11.7. The zero-order chi connectivity index (χ0) is 24.3. The van der Waals surface area contributed by atoms with Crippen LogP contribution >= 0.6 is 11.6 Å². The lowest BCUT2D eigenvalue weighted by atomic mass is 9.92. The minimum atomic E-state index is -0.528. The molecule has 8 nitrogen and oxygen atoms in total. The van der Waals surface area contributed by atoms with Gasteiger partial charge in [-0.15, -0.1) is 10.2 Å². The summed E-state index contributed by atoms with van der Waals surface area (Å²) < 4.78 is 28.3. The molecular weight excluding hydrogens is 473 g/mol. The van der Waals surface area contributed by atoms with Crippen LogP contribution in [0.25, 0.3) is 16.9 Å². The average molecular weight is 496 g/mol. The Balaban J connectivity index is 1.45. The highest BCUT2D eigenvalue weighted by atomic mass is 35.5. The van der Waals surface area contributed by atoms with E-state index < -0.39 is 5.82 Å². The molecule has 0 bridgehead atoms. The number of hydrogen-bond acceptors (Lipinski definition) is 7. The maximum atomic E-state index is 15.0. The Hall–Kier alpha value is -3.17. The number of benzene rings is 1. The highest BCUT2D eigenvalue weighted by Crippen LogP contribution is 2.42. The molecule has 10 heteroatoms. The Bertz CT molecular complexity index is 1510. The van der Waals surface area contributed by atoms with Crippen LogP contribution in [-0.2, 0) is 4.74 Å². The summed E-state index contributed by atoms with van der Waals surface area (Å²) in [5.41, 5.74) is 2.40. The van der Waals surface area contributed by atoms with Gasteiger partial charge in [-0.05, 0) is 57.7 Å². The summed E-state index contributed by atoms with van der Waals surface area (Å²) in [6, 6.07) is 4.40. The molecule has 2 fully saturated rings. The molecule has 1 aromatic carbocycles. The first kappa shape index (κ1) is 22.3. The number of nitrogens with zero attached hydrogens (tertiary/aromatic N) is 5. The van der Waals surface area contributed by atoms with E-state index in [0.29, 0.717) is 65.4 Å². The van der Waals surface area contributed by atoms with Crippen LogP contribution in [0.1, 0.15) is 72.4 Å². The second-order valence-electron chi connectivity index (χ2n) is 9.29. The molecule has 35 heavy (non-hydrogen) atoms. The molecule has 180 valence electrons. The fourth-order valence-corrected chi connectivity index (χ4v) is 4.68. The minimum absolute atomic E-state index is 0.0583. The Labute approximate surface area is 205 Å². The standard InChI is InChI=1S/C25H23ClFN5O3/c1-12-13(2)28-22-21(17-6-5-16(26)10-18(17)27)29-19(11-32(22)25(12)33)15-7-8-34-20(9-15)24-31-30-23(35-24)14-3-4-14/h5-6,10-11,14-15,20H,3-4,7-9H2,1-2H3/t15-,20+/m1/s1. The molecule has 3 aromatic heterocycles. The highest BCUT2D eigenvalue weighted by molar-refractivity contribution is 6.30. The molecule has 0 spiro atoms. The Morgan fingerprint density at radius 1 is 1.09 bits per heavy atom. The molecule has 4 aromatic rings. The van der Waals surface area contributed by atoms with Gasteiger partial charge in [-0.25, -0.2) is 14.4 Å². The van der Waals surface area contributed by atoms with E-state index in [-0.39, 0.29) is 28.2 Å². The van der Waals surface area contributed by atoms with Crippen molar-refractivity contribution in [2.75, 3.05) is 6.61 Å². The van der Waals surface area contributed by atoms with E-state index in [1.807, 2.05) is 0 Å². The van der Waals surface area contributed by atoms with Gasteiger partial charge in [-0.3, -0.25) is 9.20 Å². The van der Waals surface area contributed by atoms with Gasteiger partial charge in [-0.1, -0.05) is 11.6 Å². The van der Waals surface area contributed by atoms with Gasteiger partial charge < -0.3 is 9.15 Å². The topological polar surface area (TPSA) is 95.4 Å². The second-order valence-corrected chi connectivity index (χ2v) is 9.73. The Morgan fingerprint density at radius 2 is 1.89 bits per heavy atom. The molecule has 0 N–H and O–H groups in total. The Kier molecular flexibility index (Phi) is 5.41. The highest BCUT2D eigenvalue weighted by Gasteiger charge is 2.34. The summed E-state index contributed by atoms with van der Waals surface area (Å²) in [4.78, 5) is 22.6. The lowest BCUT2D eigenvalue weighted by Gasteiger charge is -2.27. The molecule has 4 heterocycles. The lowest BCUT2D eigenvalue weighted by molar-refractivity contribution is -0.0117. The fraction of sp³-hybridized carbons (Fsp3) is 0.400. The van der Waals surface area contributed by atoms with Crippen molar-refractivity contribution in [1.82, 2.24) is 24.6 Å². The average Bonchev–Trinajstić information content (AvgIpc) is 3.59. The molecule has 0 unspecified atom stereocenters. The van der Waals surface area contributed by atoms with Crippen molar-refractivity contribution in [3.05, 3.63) is 74.3 Å². The van der Waals surface area contributed by atoms with Crippen molar-refractivity contribution in [2.24, 2.45) is 0 Å². The lowest BCUT2D eigenvalue weighted by Crippen LogP contribution is -2.24. The van der Waals surface area contributed by atoms with E-state index >= 15 is 0 Å². The number of ether oxygens (including phenoxy) is 1. The number of halogens is 2. The van der Waals surface area contributed by atoms with Crippen LogP contribution in [0.5, 0.6) is 0 Å². The summed E-state index contributed by atoms with van der Waals surface area (Å²) in [6.45, 7) is 3.97. The molecule has 1 saturated carbocycles. The largest absolute Gasteiger partial charge is 0.422 e. The number of fused-ring (bicyclic) bond motifs is 1. The first-order chi connectivity index (χ1) is 16.9. The predicted octanol–water partition coefficient (Wildman–Crippen LogP) is 5.06. The van der Waals surface area contributed by atoms with Gasteiger partial charge in [0.05, 0.1) is 5.69 Å². The van der Waals surface area contributed by atoms with E-state index in [2.05, 4.69) is 15.2 Å². The molecule has 0 radical (unpaired) electrons. The van der Waals surface area contributed by atoms with Crippen LogP contribution in [-0.4, -0.2) is 31.2 Å². The molecular formula is C25H23ClFN5O3. The maximum absolute atomic E-state index is 15.0. The van der Waals surface area contributed by atoms with E-state index in [9.17, 15) is 9.18 Å². The normalized spacial score (nSPS) is 20.5. The van der Waals surface area contributed by atoms with Crippen molar-refractivity contribution >= 4 is 17.2 Å². The summed E-state index contributed by atoms with van der Waals surface area (Å²) in [6.07, 6.45) is 4.74. The van der Waals surface area contributed by atoms with Gasteiger partial charge in [0.1, 0.15) is 17.6 Å². The molecule has 1 saturated heterocycles. The van der Waals surface area contributed by atoms with Gasteiger partial charge in [0, 0.05) is 46.5 Å². The summed E-state index contributed by atoms with van der Waals surface area (Å²) in [5, 5.41) is 8.66. The molecule has 2 atom stereocenters. The van der Waals surface area contributed by atoms with Crippen LogP contribution in [0.4, 0.5) is 4.39 Å². The zero-order valence-electron chi connectivity index (χ0n) is 19.3. The van der Waals surface area contributed by atoms with Gasteiger partial charge in [0.25, 0.3) is 5.56 Å². The van der Waals surface area contributed by atoms with Crippen LogP contribution < -0.4 is 5.56 Å². The van der Waals surface area contributed by atoms with Crippen molar-refractivity contribution in [3.8, 4) is 11.3 Å². The number of rotatable bonds is 4. The molecule has 1 aliphatic heterocycles. The van der Waals surface area contributed by atoms with Crippen molar-refractivity contribution in [2.45, 2.75) is 57.5 Å². The first-order valence-corrected chi connectivity index (χ1v) is 12.1. The maximum Gasteiger partial charge on any atom is 0.261 e. The molecule has 2 aliphatic rings. The molecule has 6 rings (SSSR count). The van der Waals surface area contributed by atoms with Crippen LogP contribution in [0.3, 0.4) is 0 Å². The summed E-state index contributed by atoms with van der Waals surface area (Å²) >= 11 is 5.98. The van der Waals surface area contributed by atoms with E-state index in [1.54, 1.807) is 32.2 Å². The smallest absolute Gasteiger partial charge is 0.261 e. The minimum Gasteiger partial charge on any atom is -0.422 e. The van der Waals surface area contributed by atoms with E-state index in [4.69, 9.17) is 25.7 Å². The SMILES string of the molecule is Cc1nc2c(-c3ccc(Cl)cc3F)nc([C@@H]3CCO[C@H](c4nnc(C5CC5)o4)C3)cn2c(=O)c1C. The van der Waals surface area contributed by atoms with Crippen LogP contribution in [0.15, 0.2) is 33.6 Å². The van der Waals surface area contributed by atoms with Crippen molar-refractivity contribution in [3.63, 3.8) is 0 Å². The molecule has 0 amide bonds. The third-order valence-electron chi connectivity index (χ3n) is 6.84. The van der Waals surface area contributed by atoms with Crippen LogP contribution in [0.2, 0.25) is 5.02 Å². The van der Waals surface area contributed by atoms with Crippen LogP contribution in [0, 0.1) is 19.7 Å². The van der Waals surface area contributed by atoms with Gasteiger partial charge in [0.2, 0.25) is 11.8 Å². The fourth-order valence-electron chi connectivity index (χ4n) is 4.52. The third-order valence-corrected chi connectivity index (χ3v) is 7.08. The van der Waals surface area contributed by atoms with E-state index in [0.717, 1.165) is 12.8 Å². The quantitative estimate of drug-likeness (QED) is 0.390. The van der Waals surface area contributed by atoms with Crippen molar-refractivity contribution in [1.29, 1.82) is 0 Å². The summed E-state index contributed by atoms with van der Waals surface area (Å²) in [7, 11) is 0. The number of aryl methyl sites for hydroxylation is 1. The monoisotopic (exact) mass is 495 g/mol. The van der Waals surface area contributed by atoms with Crippen molar-refractivity contribution < 1.29 is 13.5 Å². The predicted molar refractivity (Wildman–Crippen MR) is 126 cm³/mol. The number of hydrogen-bond donors (Lipinski definition) is 0. The number of aromatic nitrogens is 5. The Morgan fingerprint density at radius 3 is 2.66 bits per heavy atom. The molecule has 1 aliphatic carbocycles. The van der Waals surface area contributed by atoms with Gasteiger partial charge in [0.15, 0.2) is 5.65 Å².